The Bertz CT molecular complexity index is 977. The van der Waals surface area contributed by atoms with Gasteiger partial charge < -0.3 is 4.74 Å². The van der Waals surface area contributed by atoms with Gasteiger partial charge in [0.05, 0.1) is 13.7 Å². The molecule has 0 unspecified atom stereocenters. The zero-order valence-electron chi connectivity index (χ0n) is 15.1. The van der Waals surface area contributed by atoms with E-state index in [1.54, 1.807) is 24.3 Å². The second-order valence-corrected chi connectivity index (χ2v) is 7.09. The van der Waals surface area contributed by atoms with Gasteiger partial charge >= 0.3 is 6.18 Å². The minimum absolute atomic E-state index is 0.0261. The van der Waals surface area contributed by atoms with Gasteiger partial charge in [-0.15, -0.1) is 0 Å². The molecule has 0 bridgehead atoms. The molecule has 1 fully saturated rings. The van der Waals surface area contributed by atoms with Gasteiger partial charge in [0.15, 0.2) is 5.69 Å². The molecule has 0 N–H and O–H groups in total. The monoisotopic (exact) mass is 393 g/mol. The first-order valence-electron chi connectivity index (χ1n) is 8.93. The Morgan fingerprint density at radius 2 is 1.79 bits per heavy atom. The van der Waals surface area contributed by atoms with E-state index in [0.717, 1.165) is 12.8 Å². The van der Waals surface area contributed by atoms with Crippen molar-refractivity contribution in [2.45, 2.75) is 43.9 Å². The van der Waals surface area contributed by atoms with Crippen molar-refractivity contribution in [2.75, 3.05) is 12.0 Å². The van der Waals surface area contributed by atoms with Crippen molar-refractivity contribution in [3.05, 3.63) is 51.9 Å². The van der Waals surface area contributed by atoms with Crippen LogP contribution in [0.2, 0.25) is 0 Å². The van der Waals surface area contributed by atoms with E-state index in [9.17, 15) is 22.8 Å². The number of fused-ring (bicyclic) bond motifs is 2. The molecular weight excluding hydrogens is 375 g/mol. The Labute approximate surface area is 158 Å². The number of methoxy groups -OCH3 is 1. The highest BCUT2D eigenvalue weighted by Crippen LogP contribution is 2.45. The van der Waals surface area contributed by atoms with Gasteiger partial charge in [0.25, 0.3) is 11.5 Å². The third-order valence-electron chi connectivity index (χ3n) is 5.43. The highest BCUT2D eigenvalue weighted by atomic mass is 19.4. The molecule has 1 amide bonds. The number of ether oxygens (including phenoxy) is 1. The minimum Gasteiger partial charge on any atom is -0.497 e. The van der Waals surface area contributed by atoms with E-state index in [1.165, 1.54) is 16.6 Å². The van der Waals surface area contributed by atoms with E-state index in [-0.39, 0.29) is 18.4 Å². The molecule has 148 valence electrons. The lowest BCUT2D eigenvalue weighted by Gasteiger charge is -2.23. The second kappa shape index (κ2) is 6.35. The van der Waals surface area contributed by atoms with Crippen LogP contribution in [0.15, 0.2) is 35.1 Å². The van der Waals surface area contributed by atoms with E-state index in [1.807, 2.05) is 0 Å². The summed E-state index contributed by atoms with van der Waals surface area (Å²) in [7, 11) is 1.52. The van der Waals surface area contributed by atoms with Crippen LogP contribution in [0.1, 0.15) is 36.9 Å². The Balaban J connectivity index is 1.83. The number of rotatable bonds is 3. The number of benzene rings is 1. The molecule has 1 aromatic carbocycles. The van der Waals surface area contributed by atoms with Crippen molar-refractivity contribution in [1.82, 2.24) is 9.55 Å². The summed E-state index contributed by atoms with van der Waals surface area (Å²) in [5, 5.41) is 0. The molecule has 1 saturated carbocycles. The summed E-state index contributed by atoms with van der Waals surface area (Å²) in [4.78, 5) is 30.7. The smallest absolute Gasteiger partial charge is 0.433 e. The van der Waals surface area contributed by atoms with Crippen LogP contribution in [0.4, 0.5) is 19.1 Å². The molecule has 4 rings (SSSR count). The highest BCUT2D eigenvalue weighted by Gasteiger charge is 2.54. The minimum atomic E-state index is -4.77. The number of carbonyl (C=O) groups is 1. The SMILES string of the molecule is COc1ccc(CN2C(=O)C3(CCCC3)n3c2nc(C(F)(F)F)cc3=O)cc1. The predicted molar refractivity (Wildman–Crippen MR) is 94.1 cm³/mol. The van der Waals surface area contributed by atoms with Crippen LogP contribution in [-0.2, 0) is 23.1 Å². The van der Waals surface area contributed by atoms with Gasteiger partial charge in [-0.05, 0) is 30.5 Å². The number of nitrogens with zero attached hydrogens (tertiary/aromatic N) is 3. The summed E-state index contributed by atoms with van der Waals surface area (Å²) in [5.41, 5.74) is -2.56. The fourth-order valence-corrected chi connectivity index (χ4v) is 4.09. The number of hydrogen-bond acceptors (Lipinski definition) is 4. The molecule has 28 heavy (non-hydrogen) atoms. The quantitative estimate of drug-likeness (QED) is 0.804. The molecule has 1 aromatic heterocycles. The molecule has 0 saturated heterocycles. The standard InChI is InChI=1S/C19H18F3N3O3/c1-28-13-6-4-12(5-7-13)11-24-16(27)18(8-2-3-9-18)25-15(26)10-14(19(20,21)22)23-17(24)25/h4-7,10H,2-3,8-9,11H2,1H3. The number of anilines is 1. The van der Waals surface area contributed by atoms with E-state index < -0.39 is 23.0 Å². The van der Waals surface area contributed by atoms with Crippen LogP contribution < -0.4 is 15.2 Å². The predicted octanol–water partition coefficient (Wildman–Crippen LogP) is 3.09. The van der Waals surface area contributed by atoms with Gasteiger partial charge in [-0.1, -0.05) is 25.0 Å². The largest absolute Gasteiger partial charge is 0.497 e. The van der Waals surface area contributed by atoms with E-state index in [4.69, 9.17) is 4.74 Å². The van der Waals surface area contributed by atoms with Crippen molar-refractivity contribution >= 4 is 11.9 Å². The summed E-state index contributed by atoms with van der Waals surface area (Å²) < 4.78 is 45.9. The van der Waals surface area contributed by atoms with Gasteiger partial charge in [-0.25, -0.2) is 4.98 Å². The lowest BCUT2D eigenvalue weighted by molar-refractivity contribution is -0.141. The van der Waals surface area contributed by atoms with Gasteiger partial charge in [-0.3, -0.25) is 19.1 Å². The summed E-state index contributed by atoms with van der Waals surface area (Å²) in [6.07, 6.45) is -2.46. The number of alkyl halides is 3. The third-order valence-corrected chi connectivity index (χ3v) is 5.43. The van der Waals surface area contributed by atoms with Crippen LogP contribution in [0, 0.1) is 0 Å². The topological polar surface area (TPSA) is 64.4 Å². The normalized spacial score (nSPS) is 18.0. The fraction of sp³-hybridized carbons (Fsp3) is 0.421. The Kier molecular flexibility index (Phi) is 4.20. The number of amides is 1. The first kappa shape index (κ1) is 18.5. The summed E-state index contributed by atoms with van der Waals surface area (Å²) >= 11 is 0. The maximum atomic E-state index is 13.2. The highest BCUT2D eigenvalue weighted by molar-refractivity contribution is 6.01. The Hall–Kier alpha value is -2.84. The van der Waals surface area contributed by atoms with Crippen molar-refractivity contribution in [3.63, 3.8) is 0 Å². The maximum Gasteiger partial charge on any atom is 0.433 e. The summed E-state index contributed by atoms with van der Waals surface area (Å²) in [6, 6.07) is 7.33. The first-order valence-corrected chi connectivity index (χ1v) is 8.93. The zero-order valence-corrected chi connectivity index (χ0v) is 15.1. The number of carbonyl (C=O) groups excluding carboxylic acids is 1. The molecule has 1 aliphatic heterocycles. The Morgan fingerprint density at radius 3 is 2.36 bits per heavy atom. The molecular formula is C19H18F3N3O3. The Morgan fingerprint density at radius 1 is 1.14 bits per heavy atom. The number of halogens is 3. The van der Waals surface area contributed by atoms with Crippen LogP contribution in [0.5, 0.6) is 5.75 Å². The molecule has 2 heterocycles. The summed E-state index contributed by atoms with van der Waals surface area (Å²) in [5.74, 6) is 0.0187. The third kappa shape index (κ3) is 2.76. The van der Waals surface area contributed by atoms with Crippen molar-refractivity contribution in [1.29, 1.82) is 0 Å². The van der Waals surface area contributed by atoms with E-state index in [0.29, 0.717) is 30.2 Å². The van der Waals surface area contributed by atoms with Crippen LogP contribution in [0.3, 0.4) is 0 Å². The van der Waals surface area contributed by atoms with Crippen molar-refractivity contribution in [3.8, 4) is 5.75 Å². The summed E-state index contributed by atoms with van der Waals surface area (Å²) in [6.45, 7) is 0.0261. The van der Waals surface area contributed by atoms with Gasteiger partial charge in [0.1, 0.15) is 11.3 Å². The lowest BCUT2D eigenvalue weighted by atomic mass is 9.97. The van der Waals surface area contributed by atoms with Gasteiger partial charge in [-0.2, -0.15) is 13.2 Å². The lowest BCUT2D eigenvalue weighted by Crippen LogP contribution is -2.43. The molecule has 9 heteroatoms. The number of aromatic nitrogens is 2. The molecule has 1 spiro atoms. The van der Waals surface area contributed by atoms with Gasteiger partial charge in [0.2, 0.25) is 5.95 Å². The zero-order chi connectivity index (χ0) is 20.1. The van der Waals surface area contributed by atoms with Crippen LogP contribution in [0.25, 0.3) is 0 Å². The molecule has 2 aromatic rings. The molecule has 0 atom stereocenters. The van der Waals surface area contributed by atoms with E-state index >= 15 is 0 Å². The second-order valence-electron chi connectivity index (χ2n) is 7.09. The maximum absolute atomic E-state index is 13.2. The number of hydrogen-bond donors (Lipinski definition) is 0. The van der Waals surface area contributed by atoms with Gasteiger partial charge in [0, 0.05) is 6.07 Å². The van der Waals surface area contributed by atoms with Crippen molar-refractivity contribution < 1.29 is 22.7 Å². The first-order chi connectivity index (χ1) is 13.3. The van der Waals surface area contributed by atoms with Crippen LogP contribution in [-0.4, -0.2) is 22.6 Å². The van der Waals surface area contributed by atoms with Crippen molar-refractivity contribution in [2.24, 2.45) is 0 Å². The van der Waals surface area contributed by atoms with Crippen LogP contribution >= 0.6 is 0 Å². The average molecular weight is 393 g/mol. The average Bonchev–Trinajstić information content (AvgIpc) is 3.22. The molecule has 0 radical (unpaired) electrons. The van der Waals surface area contributed by atoms with E-state index in [2.05, 4.69) is 4.98 Å². The molecule has 1 aliphatic carbocycles. The molecule has 2 aliphatic rings. The molecule has 6 nitrogen and oxygen atoms in total. The fourth-order valence-electron chi connectivity index (χ4n) is 4.09.